The summed E-state index contributed by atoms with van der Waals surface area (Å²) < 4.78 is 35.7. The maximum absolute atomic E-state index is 10.7. The van der Waals surface area contributed by atoms with Gasteiger partial charge in [0.05, 0.1) is 19.2 Å². The molecule has 2 bridgehead atoms. The van der Waals surface area contributed by atoms with Gasteiger partial charge in [-0.15, -0.1) is 0 Å². The Morgan fingerprint density at radius 3 is 2.63 bits per heavy atom. The van der Waals surface area contributed by atoms with Crippen molar-refractivity contribution in [2.45, 2.75) is 56.9 Å². The third-order valence-corrected chi connectivity index (χ3v) is 9.23. The van der Waals surface area contributed by atoms with Crippen LogP contribution in [0.15, 0.2) is 23.8 Å². The lowest BCUT2D eigenvalue weighted by atomic mass is 9.71. The van der Waals surface area contributed by atoms with Gasteiger partial charge in [-0.05, 0) is 50.4 Å². The third kappa shape index (κ3) is 4.34. The molecule has 43 heavy (non-hydrogen) atoms. The summed E-state index contributed by atoms with van der Waals surface area (Å²) in [5.74, 6) is 3.25. The molecule has 0 radical (unpaired) electrons. The topological polar surface area (TPSA) is 134 Å². The number of hydrogen-bond acceptors (Lipinski definition) is 10. The zero-order chi connectivity index (χ0) is 30.4. The van der Waals surface area contributed by atoms with Crippen LogP contribution in [0.25, 0.3) is 10.4 Å². The van der Waals surface area contributed by atoms with Crippen LogP contribution in [0, 0.1) is 25.2 Å². The number of benzene rings is 2. The van der Waals surface area contributed by atoms with E-state index >= 15 is 0 Å². The SMILES string of the molecule is C=CCOc1c(C)c2c(c3c1CC1C4c5c(cc(C)c(OC)c5OCOC)CC(C(C#N)N1[C@H]3CN=[N+]=[N-])N4C)OCO2. The quantitative estimate of drug-likeness (QED) is 0.135. The summed E-state index contributed by atoms with van der Waals surface area (Å²) in [7, 11) is 5.31. The number of piperazine rings is 1. The summed E-state index contributed by atoms with van der Waals surface area (Å²) in [6.45, 7) is 8.36. The highest BCUT2D eigenvalue weighted by molar-refractivity contribution is 5.66. The highest BCUT2D eigenvalue weighted by atomic mass is 16.7. The van der Waals surface area contributed by atoms with Crippen molar-refractivity contribution >= 4 is 0 Å². The molecule has 1 saturated heterocycles. The summed E-state index contributed by atoms with van der Waals surface area (Å²) >= 11 is 0. The first-order valence-electron chi connectivity index (χ1n) is 14.3. The van der Waals surface area contributed by atoms with Gasteiger partial charge in [0.15, 0.2) is 29.8 Å². The molecule has 0 aliphatic carbocycles. The van der Waals surface area contributed by atoms with Crippen LogP contribution in [0.1, 0.15) is 45.5 Å². The maximum Gasteiger partial charge on any atom is 0.231 e. The molecule has 2 aromatic carbocycles. The fraction of sp³-hybridized carbons (Fsp3) is 0.516. The second-order valence-corrected chi connectivity index (χ2v) is 11.3. The van der Waals surface area contributed by atoms with Crippen LogP contribution in [0.4, 0.5) is 0 Å². The summed E-state index contributed by atoms with van der Waals surface area (Å²) in [5, 5.41) is 14.8. The number of fused-ring (bicyclic) bond motifs is 9. The van der Waals surface area contributed by atoms with Crippen LogP contribution in [-0.2, 0) is 17.6 Å². The monoisotopic (exact) mass is 588 g/mol. The Hall–Kier alpha value is -4.14. The van der Waals surface area contributed by atoms with E-state index in [1.807, 2.05) is 13.8 Å². The van der Waals surface area contributed by atoms with Crippen molar-refractivity contribution in [3.63, 3.8) is 0 Å². The number of rotatable bonds is 9. The van der Waals surface area contributed by atoms with E-state index in [1.165, 1.54) is 0 Å². The number of azide groups is 1. The largest absolute Gasteiger partial charge is 0.493 e. The summed E-state index contributed by atoms with van der Waals surface area (Å²) in [4.78, 5) is 7.65. The number of hydrogen-bond donors (Lipinski definition) is 0. The minimum Gasteiger partial charge on any atom is -0.493 e. The van der Waals surface area contributed by atoms with E-state index in [0.717, 1.165) is 33.4 Å². The Labute approximate surface area is 250 Å². The second-order valence-electron chi connectivity index (χ2n) is 11.3. The zero-order valence-corrected chi connectivity index (χ0v) is 25.1. The molecule has 4 heterocycles. The van der Waals surface area contributed by atoms with Crippen LogP contribution in [-0.4, -0.2) is 75.9 Å². The first-order chi connectivity index (χ1) is 20.9. The van der Waals surface area contributed by atoms with Crippen molar-refractivity contribution in [1.29, 1.82) is 5.26 Å². The first-order valence-corrected chi connectivity index (χ1v) is 14.3. The van der Waals surface area contributed by atoms with Crippen LogP contribution in [0.3, 0.4) is 0 Å². The third-order valence-electron chi connectivity index (χ3n) is 9.23. The maximum atomic E-state index is 10.7. The standard InChI is InChI=1S/C31H36N6O6/c1-7-8-40-28-17(3)29-31(43-15-42-29)25-19(28)11-21-26-24-18(9-16(2)27(39-6)30(24)41-14-38-5)10-20(36(26)4)22(12-32)37(21)23(25)13-34-35-33/h7,9,20-23,26H,1,8,10-11,13-15H2,2-6H3/t20?,21?,22?,23-,26?/m0/s1. The lowest BCUT2D eigenvalue weighted by molar-refractivity contribution is -0.0719. The number of nitrogens with zero attached hydrogens (tertiary/aromatic N) is 6. The normalized spacial score (nSPS) is 25.0. The minimum absolute atomic E-state index is 0.0614. The smallest absolute Gasteiger partial charge is 0.231 e. The highest BCUT2D eigenvalue weighted by Crippen LogP contribution is 2.58. The minimum atomic E-state index is -0.492. The van der Waals surface area contributed by atoms with Crippen LogP contribution >= 0.6 is 0 Å². The van der Waals surface area contributed by atoms with Gasteiger partial charge in [-0.1, -0.05) is 23.8 Å². The van der Waals surface area contributed by atoms with Crippen molar-refractivity contribution in [1.82, 2.24) is 9.80 Å². The van der Waals surface area contributed by atoms with Crippen LogP contribution in [0.5, 0.6) is 28.7 Å². The Balaban J connectivity index is 1.62. The molecule has 6 rings (SSSR count). The lowest BCUT2D eigenvalue weighted by Gasteiger charge is -2.60. The Morgan fingerprint density at radius 1 is 1.14 bits per heavy atom. The van der Waals surface area contributed by atoms with E-state index in [2.05, 4.69) is 45.6 Å². The number of ether oxygens (including phenoxy) is 6. The van der Waals surface area contributed by atoms with Crippen LogP contribution < -0.4 is 23.7 Å². The molecule has 12 nitrogen and oxygen atoms in total. The summed E-state index contributed by atoms with van der Waals surface area (Å²) in [6, 6.07) is 3.33. The Bertz CT molecular complexity index is 1550. The summed E-state index contributed by atoms with van der Waals surface area (Å²) in [5.41, 5.74) is 15.2. The molecule has 0 spiro atoms. The fourth-order valence-corrected chi connectivity index (χ4v) is 7.70. The van der Waals surface area contributed by atoms with Gasteiger partial charge in [0.25, 0.3) is 0 Å². The molecule has 0 amide bonds. The number of aryl methyl sites for hydroxylation is 1. The zero-order valence-electron chi connectivity index (χ0n) is 25.1. The molecule has 0 saturated carbocycles. The lowest BCUT2D eigenvalue weighted by Crippen LogP contribution is -2.68. The Morgan fingerprint density at radius 2 is 1.93 bits per heavy atom. The van der Waals surface area contributed by atoms with Gasteiger partial charge in [-0.25, -0.2) is 0 Å². The molecular formula is C31H36N6O6. The predicted octanol–water partition coefficient (Wildman–Crippen LogP) is 4.67. The van der Waals surface area contributed by atoms with Crippen molar-refractivity contribution in [3.05, 3.63) is 62.5 Å². The average Bonchev–Trinajstić information content (AvgIpc) is 3.49. The molecule has 5 atom stereocenters. The average molecular weight is 589 g/mol. The molecule has 2 aromatic rings. The van der Waals surface area contributed by atoms with E-state index in [4.69, 9.17) is 28.4 Å². The number of nitriles is 1. The molecule has 12 heteroatoms. The first kappa shape index (κ1) is 29.0. The van der Waals surface area contributed by atoms with Gasteiger partial charge in [0.2, 0.25) is 6.79 Å². The van der Waals surface area contributed by atoms with Gasteiger partial charge in [-0.3, -0.25) is 9.80 Å². The van der Waals surface area contributed by atoms with Crippen molar-refractivity contribution in [3.8, 4) is 34.8 Å². The van der Waals surface area contributed by atoms with Gasteiger partial charge < -0.3 is 28.4 Å². The van der Waals surface area contributed by atoms with E-state index in [9.17, 15) is 10.8 Å². The molecular weight excluding hydrogens is 552 g/mol. The van der Waals surface area contributed by atoms with Crippen molar-refractivity contribution in [2.24, 2.45) is 5.11 Å². The molecule has 4 aliphatic rings. The fourth-order valence-electron chi connectivity index (χ4n) is 7.70. The van der Waals surface area contributed by atoms with E-state index in [-0.39, 0.29) is 38.3 Å². The van der Waals surface area contributed by atoms with Gasteiger partial charge in [-0.2, -0.15) is 5.26 Å². The van der Waals surface area contributed by atoms with E-state index in [1.54, 1.807) is 20.3 Å². The second kappa shape index (κ2) is 11.5. The molecule has 4 aliphatic heterocycles. The van der Waals surface area contributed by atoms with Gasteiger partial charge in [0.1, 0.15) is 18.4 Å². The van der Waals surface area contributed by atoms with Gasteiger partial charge in [0, 0.05) is 58.9 Å². The van der Waals surface area contributed by atoms with E-state index < -0.39 is 12.1 Å². The van der Waals surface area contributed by atoms with Crippen molar-refractivity contribution in [2.75, 3.05) is 48.0 Å². The van der Waals surface area contributed by atoms with Crippen LogP contribution in [0.2, 0.25) is 0 Å². The van der Waals surface area contributed by atoms with Crippen molar-refractivity contribution < 1.29 is 28.4 Å². The highest BCUT2D eigenvalue weighted by Gasteiger charge is 2.56. The van der Waals surface area contributed by atoms with Gasteiger partial charge >= 0.3 is 0 Å². The van der Waals surface area contributed by atoms with E-state index in [0.29, 0.717) is 48.2 Å². The Kier molecular flexibility index (Phi) is 7.75. The molecule has 0 aromatic heterocycles. The summed E-state index contributed by atoms with van der Waals surface area (Å²) in [6.07, 6.45) is 2.89. The molecule has 0 N–H and O–H groups in total. The molecule has 4 unspecified atom stereocenters. The predicted molar refractivity (Wildman–Crippen MR) is 157 cm³/mol. The number of methoxy groups -OCH3 is 2. The molecule has 226 valence electrons. The number of likely N-dealkylation sites (N-methyl/N-ethyl adjacent to an activating group) is 1. The molecule has 1 fully saturated rings.